The van der Waals surface area contributed by atoms with Crippen molar-refractivity contribution in [3.8, 4) is 0 Å². The van der Waals surface area contributed by atoms with Gasteiger partial charge in [-0.15, -0.1) is 0 Å². The van der Waals surface area contributed by atoms with Crippen molar-refractivity contribution in [2.24, 2.45) is 0 Å². The van der Waals surface area contributed by atoms with E-state index in [2.05, 4.69) is 15.0 Å². The molecule has 7 heteroatoms. The van der Waals surface area contributed by atoms with Crippen LogP contribution in [0.1, 0.15) is 42.6 Å². The first-order valence-corrected chi connectivity index (χ1v) is 8.89. The normalized spacial score (nSPS) is 11.8. The minimum atomic E-state index is -4.42. The molecule has 0 fully saturated rings. The molecule has 0 saturated carbocycles. The summed E-state index contributed by atoms with van der Waals surface area (Å²) < 4.78 is 38.1. The molecule has 0 aliphatic carbocycles. The number of imidazole rings is 1. The molecule has 1 aromatic carbocycles. The highest BCUT2D eigenvalue weighted by Crippen LogP contribution is 2.29. The molecule has 0 unspecified atom stereocenters. The number of aromatic nitrogens is 3. The fourth-order valence-corrected chi connectivity index (χ4v) is 2.89. The van der Waals surface area contributed by atoms with Crippen LogP contribution in [0.2, 0.25) is 0 Å². The van der Waals surface area contributed by atoms with Gasteiger partial charge in [0.25, 0.3) is 0 Å². The largest absolute Gasteiger partial charge is 0.417 e. The van der Waals surface area contributed by atoms with Gasteiger partial charge in [-0.1, -0.05) is 30.3 Å². The number of aryl methyl sites for hydroxylation is 2. The van der Waals surface area contributed by atoms with Crippen molar-refractivity contribution in [3.63, 3.8) is 0 Å². The van der Waals surface area contributed by atoms with E-state index in [0.717, 1.165) is 37.1 Å². The number of ketones is 1. The highest BCUT2D eigenvalue weighted by molar-refractivity contribution is 5.78. The van der Waals surface area contributed by atoms with Crippen LogP contribution in [0.3, 0.4) is 0 Å². The standard InChI is InChI=1S/C20H20F3N3O/c21-20(22,23)15-12-17-19(24-13-15)26-18(25-17)9-5-4-8-16(27)11-10-14-6-2-1-3-7-14/h1-3,6-7,12-13H,4-5,8-11H2,(H,24,25,26). The van der Waals surface area contributed by atoms with E-state index < -0.39 is 11.7 Å². The Bertz CT molecular complexity index is 904. The number of aromatic amines is 1. The average molecular weight is 375 g/mol. The van der Waals surface area contributed by atoms with Crippen LogP contribution in [-0.4, -0.2) is 20.7 Å². The van der Waals surface area contributed by atoms with Crippen molar-refractivity contribution >= 4 is 16.9 Å². The molecule has 0 spiro atoms. The number of alkyl halides is 3. The SMILES string of the molecule is O=C(CCCCc1nc2ncc(C(F)(F)F)cc2[nH]1)CCc1ccccc1. The fourth-order valence-electron chi connectivity index (χ4n) is 2.89. The van der Waals surface area contributed by atoms with Crippen LogP contribution in [0.15, 0.2) is 42.6 Å². The second kappa shape index (κ2) is 8.33. The Morgan fingerprint density at radius 3 is 2.56 bits per heavy atom. The third-order valence-corrected chi connectivity index (χ3v) is 4.37. The number of Topliss-reactive ketones (excluding diaryl/α,β-unsaturated/α-hetero) is 1. The van der Waals surface area contributed by atoms with Gasteiger partial charge >= 0.3 is 6.18 Å². The number of unbranched alkanes of at least 4 members (excludes halogenated alkanes) is 1. The van der Waals surface area contributed by atoms with Crippen LogP contribution >= 0.6 is 0 Å². The summed E-state index contributed by atoms with van der Waals surface area (Å²) in [6.45, 7) is 0. The van der Waals surface area contributed by atoms with Crippen molar-refractivity contribution in [1.29, 1.82) is 0 Å². The molecule has 142 valence electrons. The summed E-state index contributed by atoms with van der Waals surface area (Å²) >= 11 is 0. The molecule has 0 bridgehead atoms. The third-order valence-electron chi connectivity index (χ3n) is 4.37. The van der Waals surface area contributed by atoms with E-state index in [1.165, 1.54) is 0 Å². The summed E-state index contributed by atoms with van der Waals surface area (Å²) in [6, 6.07) is 10.9. The lowest BCUT2D eigenvalue weighted by Gasteiger charge is -2.04. The quantitative estimate of drug-likeness (QED) is 0.570. The molecule has 0 radical (unpaired) electrons. The maximum Gasteiger partial charge on any atom is 0.417 e. The molecule has 0 saturated heterocycles. The van der Waals surface area contributed by atoms with E-state index in [4.69, 9.17) is 0 Å². The molecule has 0 aliphatic rings. The maximum atomic E-state index is 12.7. The zero-order chi connectivity index (χ0) is 19.3. The molecule has 0 amide bonds. The average Bonchev–Trinajstić information content (AvgIpc) is 3.05. The first kappa shape index (κ1) is 19.1. The van der Waals surface area contributed by atoms with Crippen molar-refractivity contribution < 1.29 is 18.0 Å². The highest BCUT2D eigenvalue weighted by atomic mass is 19.4. The van der Waals surface area contributed by atoms with Crippen LogP contribution in [0.25, 0.3) is 11.2 Å². The monoisotopic (exact) mass is 375 g/mol. The van der Waals surface area contributed by atoms with E-state index in [-0.39, 0.29) is 16.9 Å². The Morgan fingerprint density at radius 2 is 1.81 bits per heavy atom. The topological polar surface area (TPSA) is 58.6 Å². The molecule has 27 heavy (non-hydrogen) atoms. The summed E-state index contributed by atoms with van der Waals surface area (Å²) in [7, 11) is 0. The number of H-pyrrole nitrogens is 1. The van der Waals surface area contributed by atoms with Crippen molar-refractivity contribution in [1.82, 2.24) is 15.0 Å². The van der Waals surface area contributed by atoms with Gasteiger partial charge in [0.05, 0.1) is 11.1 Å². The van der Waals surface area contributed by atoms with E-state index in [0.29, 0.717) is 25.1 Å². The number of carbonyl (C=O) groups excluding carboxylic acids is 1. The number of pyridine rings is 1. The van der Waals surface area contributed by atoms with E-state index in [1.54, 1.807) is 0 Å². The van der Waals surface area contributed by atoms with Crippen molar-refractivity contribution in [3.05, 3.63) is 59.5 Å². The van der Waals surface area contributed by atoms with Gasteiger partial charge < -0.3 is 4.98 Å². The molecule has 2 heterocycles. The zero-order valence-corrected chi connectivity index (χ0v) is 14.7. The van der Waals surface area contributed by atoms with Crippen LogP contribution in [-0.2, 0) is 23.8 Å². The summed E-state index contributed by atoms with van der Waals surface area (Å²) in [5.41, 5.74) is 0.906. The minimum absolute atomic E-state index is 0.222. The molecule has 4 nitrogen and oxygen atoms in total. The molecular weight excluding hydrogens is 355 g/mol. The fraction of sp³-hybridized carbons (Fsp3) is 0.350. The van der Waals surface area contributed by atoms with Crippen molar-refractivity contribution in [2.75, 3.05) is 0 Å². The maximum absolute atomic E-state index is 12.7. The van der Waals surface area contributed by atoms with Gasteiger partial charge in [-0.05, 0) is 30.9 Å². The van der Waals surface area contributed by atoms with Gasteiger partial charge in [-0.25, -0.2) is 9.97 Å². The second-order valence-electron chi connectivity index (χ2n) is 6.51. The lowest BCUT2D eigenvalue weighted by Crippen LogP contribution is -2.05. The van der Waals surface area contributed by atoms with E-state index in [9.17, 15) is 18.0 Å². The predicted molar refractivity (Wildman–Crippen MR) is 96.2 cm³/mol. The van der Waals surface area contributed by atoms with Gasteiger partial charge in [0.2, 0.25) is 0 Å². The molecular formula is C20H20F3N3O. The van der Waals surface area contributed by atoms with Crippen LogP contribution in [0.5, 0.6) is 0 Å². The molecule has 0 atom stereocenters. The number of fused-ring (bicyclic) bond motifs is 1. The van der Waals surface area contributed by atoms with Gasteiger partial charge in [-0.3, -0.25) is 4.79 Å². The minimum Gasteiger partial charge on any atom is -0.341 e. The van der Waals surface area contributed by atoms with Gasteiger partial charge in [0.15, 0.2) is 5.65 Å². The molecule has 3 rings (SSSR count). The Labute approximate surface area is 154 Å². The smallest absolute Gasteiger partial charge is 0.341 e. The summed E-state index contributed by atoms with van der Waals surface area (Å²) in [6.07, 6.45) is 0.183. The Kier molecular flexibility index (Phi) is 5.88. The summed E-state index contributed by atoms with van der Waals surface area (Å²) in [4.78, 5) is 22.8. The van der Waals surface area contributed by atoms with Crippen LogP contribution in [0.4, 0.5) is 13.2 Å². The number of benzene rings is 1. The number of hydrogen-bond acceptors (Lipinski definition) is 3. The van der Waals surface area contributed by atoms with Gasteiger partial charge in [0, 0.05) is 25.5 Å². The zero-order valence-electron chi connectivity index (χ0n) is 14.7. The van der Waals surface area contributed by atoms with E-state index >= 15 is 0 Å². The number of nitrogens with one attached hydrogen (secondary N) is 1. The number of rotatable bonds is 8. The predicted octanol–water partition coefficient (Wildman–Crippen LogP) is 4.89. The Balaban J connectivity index is 1.44. The number of halogens is 3. The lowest BCUT2D eigenvalue weighted by molar-refractivity contribution is -0.137. The molecule has 2 aromatic heterocycles. The van der Waals surface area contributed by atoms with Crippen LogP contribution < -0.4 is 0 Å². The number of carbonyl (C=O) groups is 1. The first-order chi connectivity index (χ1) is 12.9. The Morgan fingerprint density at radius 1 is 1.04 bits per heavy atom. The summed E-state index contributed by atoms with van der Waals surface area (Å²) in [5, 5.41) is 0. The highest BCUT2D eigenvalue weighted by Gasteiger charge is 2.31. The lowest BCUT2D eigenvalue weighted by atomic mass is 10.0. The van der Waals surface area contributed by atoms with Crippen molar-refractivity contribution in [2.45, 2.75) is 44.7 Å². The summed E-state index contributed by atoms with van der Waals surface area (Å²) in [5.74, 6) is 0.813. The van der Waals surface area contributed by atoms with Gasteiger partial charge in [0.1, 0.15) is 11.6 Å². The number of hydrogen-bond donors (Lipinski definition) is 1. The van der Waals surface area contributed by atoms with Crippen LogP contribution in [0, 0.1) is 0 Å². The Hall–Kier alpha value is -2.70. The number of nitrogens with zero attached hydrogens (tertiary/aromatic N) is 2. The van der Waals surface area contributed by atoms with E-state index in [1.807, 2.05) is 30.3 Å². The van der Waals surface area contributed by atoms with Gasteiger partial charge in [-0.2, -0.15) is 13.2 Å². The molecule has 3 aromatic rings. The first-order valence-electron chi connectivity index (χ1n) is 8.89. The third kappa shape index (κ3) is 5.39. The molecule has 1 N–H and O–H groups in total. The molecule has 0 aliphatic heterocycles. The second-order valence-corrected chi connectivity index (χ2v) is 6.51.